The molecule has 3 rings (SSSR count). The van der Waals surface area contributed by atoms with Gasteiger partial charge in [-0.15, -0.1) is 0 Å². The molecule has 108 valence electrons. The summed E-state index contributed by atoms with van der Waals surface area (Å²) in [6, 6.07) is 5.86. The fourth-order valence-corrected chi connectivity index (χ4v) is 4.81. The largest absolute Gasteiger partial charge is 0.325 e. The second-order valence-electron chi connectivity index (χ2n) is 5.34. The average molecular weight is 293 g/mol. The first-order valence-corrected chi connectivity index (χ1v) is 8.69. The van der Waals surface area contributed by atoms with Crippen LogP contribution in [0.25, 0.3) is 5.52 Å². The van der Waals surface area contributed by atoms with E-state index in [0.717, 1.165) is 36.3 Å². The Labute approximate surface area is 118 Å². The van der Waals surface area contributed by atoms with E-state index < -0.39 is 9.84 Å². The van der Waals surface area contributed by atoms with Crippen molar-refractivity contribution >= 4 is 15.4 Å². The molecular formula is C14H19N3O2S. The molecule has 0 spiro atoms. The standard InChI is InChI=1S/C14H19N3O2S/c15-9-11-4-3-5-12-10-16-14(17(11)12)8-13-6-1-2-7-20(13,18)19/h3-5,10,13H,1-2,6-9,15H2. The molecule has 0 amide bonds. The second kappa shape index (κ2) is 5.18. The Morgan fingerprint density at radius 3 is 2.95 bits per heavy atom. The van der Waals surface area contributed by atoms with Gasteiger partial charge in [0.15, 0.2) is 9.84 Å². The third-order valence-electron chi connectivity index (χ3n) is 4.04. The van der Waals surface area contributed by atoms with Crippen LogP contribution in [0.2, 0.25) is 0 Å². The Kier molecular flexibility index (Phi) is 3.52. The van der Waals surface area contributed by atoms with Gasteiger partial charge in [0, 0.05) is 18.7 Å². The molecule has 0 aromatic carbocycles. The summed E-state index contributed by atoms with van der Waals surface area (Å²) in [7, 11) is -2.97. The highest BCUT2D eigenvalue weighted by Gasteiger charge is 2.30. The highest BCUT2D eigenvalue weighted by molar-refractivity contribution is 7.92. The number of pyridine rings is 1. The molecule has 5 nitrogen and oxygen atoms in total. The second-order valence-corrected chi connectivity index (χ2v) is 7.75. The Hall–Kier alpha value is -1.40. The van der Waals surface area contributed by atoms with Crippen LogP contribution in [-0.2, 0) is 22.8 Å². The average Bonchev–Trinajstić information content (AvgIpc) is 2.84. The van der Waals surface area contributed by atoms with Gasteiger partial charge in [0.2, 0.25) is 0 Å². The van der Waals surface area contributed by atoms with Gasteiger partial charge in [0.1, 0.15) is 5.82 Å². The van der Waals surface area contributed by atoms with Crippen molar-refractivity contribution in [3.63, 3.8) is 0 Å². The van der Waals surface area contributed by atoms with E-state index >= 15 is 0 Å². The van der Waals surface area contributed by atoms with Crippen molar-refractivity contribution in [2.75, 3.05) is 5.75 Å². The number of rotatable bonds is 3. The van der Waals surface area contributed by atoms with Gasteiger partial charge in [-0.2, -0.15) is 0 Å². The lowest BCUT2D eigenvalue weighted by molar-refractivity contribution is 0.533. The van der Waals surface area contributed by atoms with Crippen molar-refractivity contribution in [1.29, 1.82) is 0 Å². The Balaban J connectivity index is 1.99. The van der Waals surface area contributed by atoms with Crippen LogP contribution >= 0.6 is 0 Å². The zero-order valence-corrected chi connectivity index (χ0v) is 12.1. The van der Waals surface area contributed by atoms with Crippen LogP contribution in [0.4, 0.5) is 0 Å². The molecule has 3 heterocycles. The van der Waals surface area contributed by atoms with Gasteiger partial charge in [-0.3, -0.25) is 4.40 Å². The summed E-state index contributed by atoms with van der Waals surface area (Å²) in [6.45, 7) is 0.415. The number of nitrogens with two attached hydrogens (primary N) is 1. The van der Waals surface area contributed by atoms with E-state index in [9.17, 15) is 8.42 Å². The van der Waals surface area contributed by atoms with Crippen molar-refractivity contribution < 1.29 is 8.42 Å². The van der Waals surface area contributed by atoms with Gasteiger partial charge >= 0.3 is 0 Å². The molecule has 1 aliphatic heterocycles. The van der Waals surface area contributed by atoms with E-state index in [1.807, 2.05) is 22.6 Å². The maximum absolute atomic E-state index is 12.1. The number of nitrogens with zero attached hydrogens (tertiary/aromatic N) is 2. The van der Waals surface area contributed by atoms with Crippen LogP contribution in [0.15, 0.2) is 24.4 Å². The number of hydrogen-bond acceptors (Lipinski definition) is 4. The van der Waals surface area contributed by atoms with Gasteiger partial charge < -0.3 is 5.73 Å². The number of imidazole rings is 1. The molecular weight excluding hydrogens is 274 g/mol. The van der Waals surface area contributed by atoms with E-state index in [1.165, 1.54) is 0 Å². The maximum atomic E-state index is 12.1. The minimum absolute atomic E-state index is 0.298. The lowest BCUT2D eigenvalue weighted by atomic mass is 10.1. The van der Waals surface area contributed by atoms with Crippen LogP contribution in [0.1, 0.15) is 30.8 Å². The van der Waals surface area contributed by atoms with E-state index in [2.05, 4.69) is 4.98 Å². The minimum atomic E-state index is -2.97. The molecule has 2 N–H and O–H groups in total. The van der Waals surface area contributed by atoms with Gasteiger partial charge in [-0.1, -0.05) is 12.5 Å². The monoisotopic (exact) mass is 293 g/mol. The molecule has 6 heteroatoms. The molecule has 1 unspecified atom stereocenters. The van der Waals surface area contributed by atoms with Crippen molar-refractivity contribution in [3.05, 3.63) is 35.9 Å². The topological polar surface area (TPSA) is 77.5 Å². The molecule has 0 radical (unpaired) electrons. The van der Waals surface area contributed by atoms with E-state index in [0.29, 0.717) is 18.7 Å². The summed E-state index contributed by atoms with van der Waals surface area (Å²) >= 11 is 0. The van der Waals surface area contributed by atoms with Gasteiger partial charge in [-0.05, 0) is 25.0 Å². The van der Waals surface area contributed by atoms with Gasteiger partial charge in [0.05, 0.1) is 22.7 Å². The van der Waals surface area contributed by atoms with Crippen molar-refractivity contribution in [2.45, 2.75) is 37.5 Å². The number of aromatic nitrogens is 2. The predicted octanol–water partition coefficient (Wildman–Crippen LogP) is 1.30. The zero-order chi connectivity index (χ0) is 14.2. The van der Waals surface area contributed by atoms with Gasteiger partial charge in [0.25, 0.3) is 0 Å². The molecule has 1 saturated heterocycles. The molecule has 0 aliphatic carbocycles. The SMILES string of the molecule is NCc1cccc2cnc(CC3CCCCS3(=O)=O)n12. The first-order chi connectivity index (χ1) is 9.62. The molecule has 1 atom stereocenters. The molecule has 1 aliphatic rings. The highest BCUT2D eigenvalue weighted by Crippen LogP contribution is 2.23. The predicted molar refractivity (Wildman–Crippen MR) is 78.2 cm³/mol. The van der Waals surface area contributed by atoms with E-state index in [4.69, 9.17) is 5.73 Å². The van der Waals surface area contributed by atoms with Crippen LogP contribution in [0, 0.1) is 0 Å². The smallest absolute Gasteiger partial charge is 0.153 e. The van der Waals surface area contributed by atoms with Gasteiger partial charge in [-0.25, -0.2) is 13.4 Å². The fourth-order valence-electron chi connectivity index (χ4n) is 2.94. The van der Waals surface area contributed by atoms with Crippen LogP contribution in [-0.4, -0.2) is 28.8 Å². The number of sulfone groups is 1. The summed E-state index contributed by atoms with van der Waals surface area (Å²) < 4.78 is 26.3. The van der Waals surface area contributed by atoms with Crippen molar-refractivity contribution in [3.8, 4) is 0 Å². The summed E-state index contributed by atoms with van der Waals surface area (Å²) in [4.78, 5) is 4.41. The third kappa shape index (κ3) is 2.33. The Morgan fingerprint density at radius 1 is 1.35 bits per heavy atom. The minimum Gasteiger partial charge on any atom is -0.325 e. The summed E-state index contributed by atoms with van der Waals surface area (Å²) in [5, 5.41) is -0.298. The number of hydrogen-bond donors (Lipinski definition) is 1. The molecule has 2 aromatic heterocycles. The lowest BCUT2D eigenvalue weighted by Crippen LogP contribution is -2.31. The maximum Gasteiger partial charge on any atom is 0.153 e. The van der Waals surface area contributed by atoms with Crippen LogP contribution in [0.5, 0.6) is 0 Å². The number of fused-ring (bicyclic) bond motifs is 1. The Morgan fingerprint density at radius 2 is 2.20 bits per heavy atom. The zero-order valence-electron chi connectivity index (χ0n) is 11.3. The summed E-state index contributed by atoms with van der Waals surface area (Å²) in [5.41, 5.74) is 7.69. The first-order valence-electron chi connectivity index (χ1n) is 6.97. The molecule has 20 heavy (non-hydrogen) atoms. The molecule has 0 bridgehead atoms. The summed E-state index contributed by atoms with van der Waals surface area (Å²) in [6.07, 6.45) is 4.77. The first kappa shape index (κ1) is 13.6. The summed E-state index contributed by atoms with van der Waals surface area (Å²) in [5.74, 6) is 1.11. The van der Waals surface area contributed by atoms with Crippen LogP contribution < -0.4 is 5.73 Å². The third-order valence-corrected chi connectivity index (χ3v) is 6.31. The lowest BCUT2D eigenvalue weighted by Gasteiger charge is -2.21. The van der Waals surface area contributed by atoms with E-state index in [1.54, 1.807) is 6.20 Å². The van der Waals surface area contributed by atoms with E-state index in [-0.39, 0.29) is 5.25 Å². The molecule has 1 fully saturated rings. The van der Waals surface area contributed by atoms with Crippen molar-refractivity contribution in [1.82, 2.24) is 9.38 Å². The van der Waals surface area contributed by atoms with Crippen LogP contribution in [0.3, 0.4) is 0 Å². The highest BCUT2D eigenvalue weighted by atomic mass is 32.2. The van der Waals surface area contributed by atoms with Crippen molar-refractivity contribution in [2.24, 2.45) is 5.73 Å². The Bertz CT molecular complexity index is 721. The normalized spacial score (nSPS) is 22.1. The fraction of sp³-hybridized carbons (Fsp3) is 0.500. The molecule has 0 saturated carbocycles. The molecule has 2 aromatic rings. The quantitative estimate of drug-likeness (QED) is 0.925.